The lowest BCUT2D eigenvalue weighted by Gasteiger charge is -2.25. The second kappa shape index (κ2) is 13.1. The lowest BCUT2D eigenvalue weighted by Crippen LogP contribution is -2.38. The molecule has 34 heavy (non-hydrogen) atoms. The summed E-state index contributed by atoms with van der Waals surface area (Å²) in [7, 11) is 0. The molecule has 1 amide bonds. The number of benzene rings is 1. The second-order valence-electron chi connectivity index (χ2n) is 8.94. The van der Waals surface area contributed by atoms with Crippen molar-refractivity contribution in [2.45, 2.75) is 82.5 Å². The minimum Gasteiger partial charge on any atom is -0.491 e. The van der Waals surface area contributed by atoms with Crippen LogP contribution >= 0.6 is 23.1 Å². The largest absolute Gasteiger partial charge is 0.491 e. The maximum absolute atomic E-state index is 12.4. The smallest absolute Gasteiger partial charge is 0.355 e. The van der Waals surface area contributed by atoms with Gasteiger partial charge >= 0.3 is 5.97 Å². The fourth-order valence-electron chi connectivity index (χ4n) is 4.46. The lowest BCUT2D eigenvalue weighted by atomic mass is 9.96. The highest BCUT2D eigenvalue weighted by molar-refractivity contribution is 8.01. The van der Waals surface area contributed by atoms with E-state index in [2.05, 4.69) is 37.9 Å². The van der Waals surface area contributed by atoms with Crippen LogP contribution in [-0.4, -0.2) is 51.8 Å². The highest BCUT2D eigenvalue weighted by Gasteiger charge is 2.31. The van der Waals surface area contributed by atoms with Gasteiger partial charge in [0, 0.05) is 24.1 Å². The summed E-state index contributed by atoms with van der Waals surface area (Å²) in [4.78, 5) is 29.4. The monoisotopic (exact) mass is 504 g/mol. The van der Waals surface area contributed by atoms with Gasteiger partial charge in [-0.15, -0.1) is 11.3 Å². The van der Waals surface area contributed by atoms with Crippen molar-refractivity contribution in [2.75, 3.05) is 18.9 Å². The molecule has 0 radical (unpaired) electrons. The average Bonchev–Trinajstić information content (AvgIpc) is 3.41. The highest BCUT2D eigenvalue weighted by atomic mass is 32.2. The van der Waals surface area contributed by atoms with Gasteiger partial charge in [0.15, 0.2) is 10.0 Å². The zero-order chi connectivity index (χ0) is 24.5. The number of amides is 1. The second-order valence-corrected chi connectivity index (χ2v) is 11.1. The number of carbonyl (C=O) groups excluding carboxylic acids is 1. The summed E-state index contributed by atoms with van der Waals surface area (Å²) in [5.41, 5.74) is 4.08. The summed E-state index contributed by atoms with van der Waals surface area (Å²) in [6, 6.07) is 4.33. The van der Waals surface area contributed by atoms with E-state index in [0.717, 1.165) is 18.6 Å². The number of ether oxygens (including phenoxy) is 1. The van der Waals surface area contributed by atoms with E-state index in [1.165, 1.54) is 71.9 Å². The maximum Gasteiger partial charge on any atom is 0.355 e. The lowest BCUT2D eigenvalue weighted by molar-refractivity contribution is -0.129. The van der Waals surface area contributed by atoms with Crippen molar-refractivity contribution in [3.8, 4) is 5.75 Å². The highest BCUT2D eigenvalue weighted by Crippen LogP contribution is 2.27. The topological polar surface area (TPSA) is 79.7 Å². The Labute approximate surface area is 211 Å². The van der Waals surface area contributed by atoms with Crippen LogP contribution in [0.25, 0.3) is 0 Å². The fourth-order valence-corrected chi connectivity index (χ4v) is 6.26. The van der Waals surface area contributed by atoms with E-state index in [4.69, 9.17) is 9.84 Å². The number of aromatic nitrogens is 1. The molecule has 1 saturated heterocycles. The first-order valence-electron chi connectivity index (χ1n) is 12.2. The number of nitrogens with zero attached hydrogens (tertiary/aromatic N) is 2. The van der Waals surface area contributed by atoms with Crippen molar-refractivity contribution < 1.29 is 19.4 Å². The number of carbonyl (C=O) groups is 2. The Balaban J connectivity index is 1.49. The summed E-state index contributed by atoms with van der Waals surface area (Å²) in [5.74, 6) is 0.702. The van der Waals surface area contributed by atoms with Crippen LogP contribution in [0.15, 0.2) is 21.9 Å². The zero-order valence-electron chi connectivity index (χ0n) is 20.5. The number of likely N-dealkylation sites (tertiary alicyclic amines) is 1. The molecular weight excluding hydrogens is 468 g/mol. The molecule has 186 valence electrons. The van der Waals surface area contributed by atoms with Crippen LogP contribution in [0, 0.1) is 13.8 Å². The summed E-state index contributed by atoms with van der Waals surface area (Å²) in [6.07, 6.45) is 8.91. The molecule has 0 bridgehead atoms. The van der Waals surface area contributed by atoms with E-state index in [0.29, 0.717) is 29.7 Å². The van der Waals surface area contributed by atoms with Gasteiger partial charge in [-0.25, -0.2) is 9.78 Å². The first-order chi connectivity index (χ1) is 16.4. The molecule has 1 aromatic carbocycles. The van der Waals surface area contributed by atoms with Crippen molar-refractivity contribution in [3.05, 3.63) is 39.9 Å². The molecule has 6 nitrogen and oxygen atoms in total. The van der Waals surface area contributed by atoms with Crippen LogP contribution < -0.4 is 4.74 Å². The van der Waals surface area contributed by atoms with E-state index in [-0.39, 0.29) is 17.6 Å². The number of thioether (sulfide) groups is 1. The van der Waals surface area contributed by atoms with E-state index in [1.807, 2.05) is 4.90 Å². The molecule has 1 aliphatic heterocycles. The van der Waals surface area contributed by atoms with Crippen molar-refractivity contribution in [1.82, 2.24) is 9.88 Å². The number of unbranched alkanes of at least 4 members (excludes halogenated alkanes) is 4. The van der Waals surface area contributed by atoms with Gasteiger partial charge in [0.1, 0.15) is 12.4 Å². The molecule has 0 aliphatic carbocycles. The molecule has 2 heterocycles. The number of carboxylic acid groups (broad SMARTS) is 1. The van der Waals surface area contributed by atoms with Gasteiger partial charge in [0.2, 0.25) is 5.91 Å². The minimum atomic E-state index is -1.01. The van der Waals surface area contributed by atoms with Crippen LogP contribution in [0.1, 0.15) is 79.0 Å². The van der Waals surface area contributed by atoms with Crippen molar-refractivity contribution in [2.24, 2.45) is 0 Å². The van der Waals surface area contributed by atoms with Crippen molar-refractivity contribution in [1.29, 1.82) is 0 Å². The summed E-state index contributed by atoms with van der Waals surface area (Å²) < 4.78 is 6.88. The standard InChI is InChI=1S/C26H36N2O4S2/c1-4-5-6-7-8-9-22-18(2)14-21(15-19(22)3)32-16-20-10-11-24(29)28(20)12-13-33-26-27-23(17-34-26)25(30)31/h14-15,17,20H,4-13,16H2,1-3H3,(H,30,31)/t20-/m1/s1. The molecule has 1 fully saturated rings. The Bertz CT molecular complexity index is 952. The maximum atomic E-state index is 12.4. The molecule has 8 heteroatoms. The molecule has 1 aromatic heterocycles. The van der Waals surface area contributed by atoms with E-state index < -0.39 is 5.97 Å². The first kappa shape index (κ1) is 26.5. The van der Waals surface area contributed by atoms with Crippen LogP contribution in [0.2, 0.25) is 0 Å². The molecule has 1 aliphatic rings. The molecule has 3 rings (SSSR count). The number of thiazole rings is 1. The zero-order valence-corrected chi connectivity index (χ0v) is 22.1. The molecule has 1 N–H and O–H groups in total. The third-order valence-corrected chi connectivity index (χ3v) is 8.36. The number of carboxylic acids is 1. The third-order valence-electron chi connectivity index (χ3n) is 6.35. The van der Waals surface area contributed by atoms with E-state index in [1.54, 1.807) is 5.38 Å². The Hall–Kier alpha value is -2.06. The van der Waals surface area contributed by atoms with E-state index in [9.17, 15) is 9.59 Å². The SMILES string of the molecule is CCCCCCCc1c(C)cc(OC[C@H]2CCC(=O)N2CCSc2nc(C(=O)O)cs2)cc1C. The van der Waals surface area contributed by atoms with Crippen LogP contribution in [-0.2, 0) is 11.2 Å². The Morgan fingerprint density at radius 2 is 1.97 bits per heavy atom. The van der Waals surface area contributed by atoms with Gasteiger partial charge < -0.3 is 14.7 Å². The average molecular weight is 505 g/mol. The first-order valence-corrected chi connectivity index (χ1v) is 14.1. The Morgan fingerprint density at radius 3 is 2.65 bits per heavy atom. The van der Waals surface area contributed by atoms with Gasteiger partial charge in [-0.05, 0) is 61.9 Å². The van der Waals surface area contributed by atoms with Crippen LogP contribution in [0.3, 0.4) is 0 Å². The minimum absolute atomic E-state index is 0.0674. The van der Waals surface area contributed by atoms with Gasteiger partial charge in [-0.2, -0.15) is 0 Å². The van der Waals surface area contributed by atoms with Gasteiger partial charge in [-0.3, -0.25) is 4.79 Å². The number of aryl methyl sites for hydroxylation is 2. The van der Waals surface area contributed by atoms with Gasteiger partial charge in [-0.1, -0.05) is 44.4 Å². The van der Waals surface area contributed by atoms with Crippen LogP contribution in [0.5, 0.6) is 5.75 Å². The quantitative estimate of drug-likeness (QED) is 0.246. The Morgan fingerprint density at radius 1 is 1.24 bits per heavy atom. The number of hydrogen-bond donors (Lipinski definition) is 1. The summed E-state index contributed by atoms with van der Waals surface area (Å²) >= 11 is 2.81. The normalized spacial score (nSPS) is 15.8. The van der Waals surface area contributed by atoms with Gasteiger partial charge in [0.25, 0.3) is 0 Å². The number of hydrogen-bond acceptors (Lipinski definition) is 6. The molecule has 0 saturated carbocycles. The third kappa shape index (κ3) is 7.47. The molecule has 0 unspecified atom stereocenters. The number of aromatic carboxylic acids is 1. The molecule has 1 atom stereocenters. The molecule has 2 aromatic rings. The number of rotatable bonds is 14. The van der Waals surface area contributed by atoms with Gasteiger partial charge in [0.05, 0.1) is 6.04 Å². The molecule has 0 spiro atoms. The summed E-state index contributed by atoms with van der Waals surface area (Å²) in [5, 5.41) is 10.5. The van der Waals surface area contributed by atoms with Crippen molar-refractivity contribution in [3.63, 3.8) is 0 Å². The predicted octanol–water partition coefficient (Wildman–Crippen LogP) is 6.13. The van der Waals surface area contributed by atoms with Crippen molar-refractivity contribution >= 4 is 35.0 Å². The fraction of sp³-hybridized carbons (Fsp3) is 0.577. The van der Waals surface area contributed by atoms with E-state index >= 15 is 0 Å². The Kier molecular flexibility index (Phi) is 10.3. The molecular formula is C26H36N2O4S2. The predicted molar refractivity (Wildman–Crippen MR) is 138 cm³/mol. The van der Waals surface area contributed by atoms with Crippen LogP contribution in [0.4, 0.5) is 0 Å². The summed E-state index contributed by atoms with van der Waals surface area (Å²) in [6.45, 7) is 7.67.